The molecule has 1 atom stereocenters. The number of carbonyl (C=O) groups excluding carboxylic acids is 2. The molecule has 2 aromatic rings. The lowest BCUT2D eigenvalue weighted by molar-refractivity contribution is -0.118. The van der Waals surface area contributed by atoms with Gasteiger partial charge in [0.15, 0.2) is 0 Å². The van der Waals surface area contributed by atoms with Gasteiger partial charge in [-0.25, -0.2) is 4.79 Å². The van der Waals surface area contributed by atoms with Crippen molar-refractivity contribution in [3.63, 3.8) is 0 Å². The van der Waals surface area contributed by atoms with Crippen LogP contribution >= 0.6 is 0 Å². The molecule has 1 heterocycles. The number of anilines is 1. The molecule has 1 fully saturated rings. The molecule has 1 unspecified atom stereocenters. The Morgan fingerprint density at radius 1 is 1.03 bits per heavy atom. The van der Waals surface area contributed by atoms with Gasteiger partial charge >= 0.3 is 5.97 Å². The van der Waals surface area contributed by atoms with Crippen LogP contribution in [0.1, 0.15) is 66.9 Å². The molecule has 1 amide bonds. The predicted octanol–water partition coefficient (Wildman–Crippen LogP) is 4.92. The summed E-state index contributed by atoms with van der Waals surface area (Å²) in [6.45, 7) is 6.20. The summed E-state index contributed by atoms with van der Waals surface area (Å²) in [7, 11) is 0. The fraction of sp³-hybridized carbons (Fsp3) is 0.385. The Balaban J connectivity index is 2.02. The quantitative estimate of drug-likeness (QED) is 0.616. The van der Waals surface area contributed by atoms with Gasteiger partial charge in [0.1, 0.15) is 0 Å². The molecular formula is C26H32N2O3. The van der Waals surface area contributed by atoms with Crippen molar-refractivity contribution in [2.75, 3.05) is 24.6 Å². The predicted molar refractivity (Wildman–Crippen MR) is 125 cm³/mol. The Labute approximate surface area is 184 Å². The number of para-hydroxylation sites is 1. The Morgan fingerprint density at radius 2 is 1.71 bits per heavy atom. The van der Waals surface area contributed by atoms with E-state index < -0.39 is 11.8 Å². The van der Waals surface area contributed by atoms with Crippen molar-refractivity contribution < 1.29 is 14.3 Å². The summed E-state index contributed by atoms with van der Waals surface area (Å²) in [6, 6.07) is 15.3. The fourth-order valence-corrected chi connectivity index (χ4v) is 4.25. The number of hydrogen-bond donors (Lipinski definition) is 1. The smallest absolute Gasteiger partial charge is 0.338 e. The van der Waals surface area contributed by atoms with Gasteiger partial charge in [-0.05, 0) is 61.9 Å². The number of rotatable bonds is 8. The zero-order valence-corrected chi connectivity index (χ0v) is 18.5. The minimum Gasteiger partial charge on any atom is -0.462 e. The van der Waals surface area contributed by atoms with Gasteiger partial charge in [0.05, 0.1) is 18.1 Å². The maximum absolute atomic E-state index is 12.7. The first-order valence-electron chi connectivity index (χ1n) is 11.2. The molecule has 1 saturated heterocycles. The Bertz CT molecular complexity index is 928. The van der Waals surface area contributed by atoms with Crippen molar-refractivity contribution >= 4 is 23.1 Å². The molecule has 0 aromatic heterocycles. The number of hydrogen-bond acceptors (Lipinski definition) is 4. The van der Waals surface area contributed by atoms with E-state index in [2.05, 4.69) is 30.0 Å². The third kappa shape index (κ3) is 5.35. The number of piperidine rings is 1. The molecule has 0 bridgehead atoms. The summed E-state index contributed by atoms with van der Waals surface area (Å²) in [5.41, 5.74) is 10.3. The standard InChI is InChI=1S/C26H32N2O3/c1-3-10-22(21-11-6-7-12-23(21)28-17-8-5-9-18-28)24(25(27)29)19-13-15-20(16-14-19)26(30)31-4-2/h6-7,10-16,24H,3-5,8-9,17-18H2,1-2H3,(H2,27,29). The van der Waals surface area contributed by atoms with Gasteiger partial charge in [0, 0.05) is 24.3 Å². The minimum absolute atomic E-state index is 0.321. The number of ether oxygens (including phenoxy) is 1. The highest BCUT2D eigenvalue weighted by molar-refractivity contribution is 5.98. The molecular weight excluding hydrogens is 388 g/mol. The van der Waals surface area contributed by atoms with Crippen molar-refractivity contribution in [2.24, 2.45) is 5.73 Å². The first-order valence-corrected chi connectivity index (χ1v) is 11.2. The van der Waals surface area contributed by atoms with Crippen LogP contribution in [0.3, 0.4) is 0 Å². The highest BCUT2D eigenvalue weighted by Crippen LogP contribution is 2.38. The van der Waals surface area contributed by atoms with Gasteiger partial charge in [-0.2, -0.15) is 0 Å². The average Bonchev–Trinajstić information content (AvgIpc) is 2.80. The molecule has 0 saturated carbocycles. The molecule has 31 heavy (non-hydrogen) atoms. The van der Waals surface area contributed by atoms with Crippen molar-refractivity contribution in [2.45, 2.75) is 45.4 Å². The zero-order valence-electron chi connectivity index (χ0n) is 18.5. The van der Waals surface area contributed by atoms with Gasteiger partial charge < -0.3 is 15.4 Å². The molecule has 2 aromatic carbocycles. The number of benzene rings is 2. The molecule has 3 rings (SSSR count). The minimum atomic E-state index is -0.595. The maximum atomic E-state index is 12.7. The van der Waals surface area contributed by atoms with Gasteiger partial charge in [-0.1, -0.05) is 43.3 Å². The lowest BCUT2D eigenvalue weighted by Crippen LogP contribution is -2.31. The number of carbonyl (C=O) groups is 2. The summed E-state index contributed by atoms with van der Waals surface area (Å²) in [6.07, 6.45) is 6.49. The molecule has 1 aliphatic heterocycles. The van der Waals surface area contributed by atoms with E-state index in [0.29, 0.717) is 12.2 Å². The Hall–Kier alpha value is -3.08. The van der Waals surface area contributed by atoms with Crippen molar-refractivity contribution in [1.82, 2.24) is 0 Å². The average molecular weight is 421 g/mol. The van der Waals surface area contributed by atoms with Crippen LogP contribution in [-0.4, -0.2) is 31.6 Å². The summed E-state index contributed by atoms with van der Waals surface area (Å²) >= 11 is 0. The number of amides is 1. The van der Waals surface area contributed by atoms with Crippen LogP contribution < -0.4 is 10.6 Å². The molecule has 0 aliphatic carbocycles. The Kier molecular flexibility index (Phi) is 7.88. The summed E-state index contributed by atoms with van der Waals surface area (Å²) in [5, 5.41) is 0. The number of esters is 1. The molecule has 5 heteroatoms. The van der Waals surface area contributed by atoms with Crippen molar-refractivity contribution in [3.8, 4) is 0 Å². The maximum Gasteiger partial charge on any atom is 0.338 e. The third-order valence-electron chi connectivity index (χ3n) is 5.69. The van der Waals surface area contributed by atoms with Crippen LogP contribution in [-0.2, 0) is 9.53 Å². The molecule has 0 radical (unpaired) electrons. The number of nitrogens with zero attached hydrogens (tertiary/aromatic N) is 1. The molecule has 2 N–H and O–H groups in total. The van der Waals surface area contributed by atoms with Crippen molar-refractivity contribution in [1.29, 1.82) is 0 Å². The highest BCUT2D eigenvalue weighted by atomic mass is 16.5. The molecule has 0 spiro atoms. The fourth-order valence-electron chi connectivity index (χ4n) is 4.25. The van der Waals surface area contributed by atoms with E-state index in [9.17, 15) is 9.59 Å². The summed E-state index contributed by atoms with van der Waals surface area (Å²) < 4.78 is 5.07. The summed E-state index contributed by atoms with van der Waals surface area (Å²) in [4.78, 5) is 27.1. The van der Waals surface area contributed by atoms with E-state index in [4.69, 9.17) is 10.5 Å². The van der Waals surface area contributed by atoms with E-state index in [1.165, 1.54) is 19.3 Å². The first-order chi connectivity index (χ1) is 15.1. The lowest BCUT2D eigenvalue weighted by Gasteiger charge is -2.32. The van der Waals surface area contributed by atoms with Crippen LogP contribution in [0.5, 0.6) is 0 Å². The largest absolute Gasteiger partial charge is 0.462 e. The van der Waals surface area contributed by atoms with E-state index in [1.807, 2.05) is 12.1 Å². The second-order valence-electron chi connectivity index (χ2n) is 7.81. The third-order valence-corrected chi connectivity index (χ3v) is 5.69. The zero-order chi connectivity index (χ0) is 22.2. The molecule has 164 valence electrons. The van der Waals surface area contributed by atoms with E-state index in [1.54, 1.807) is 31.2 Å². The van der Waals surface area contributed by atoms with Gasteiger partial charge in [-0.3, -0.25) is 4.79 Å². The van der Waals surface area contributed by atoms with Crippen molar-refractivity contribution in [3.05, 3.63) is 71.3 Å². The van der Waals surface area contributed by atoms with Crippen LogP contribution in [0, 0.1) is 0 Å². The van der Waals surface area contributed by atoms with Gasteiger partial charge in [0.2, 0.25) is 5.91 Å². The first kappa shape index (κ1) is 22.6. The van der Waals surface area contributed by atoms with E-state index in [0.717, 1.165) is 41.9 Å². The summed E-state index contributed by atoms with van der Waals surface area (Å²) in [5.74, 6) is -1.37. The second-order valence-corrected chi connectivity index (χ2v) is 7.81. The van der Waals surface area contributed by atoms with Crippen LogP contribution in [0.15, 0.2) is 54.6 Å². The van der Waals surface area contributed by atoms with E-state index >= 15 is 0 Å². The Morgan fingerprint density at radius 3 is 2.32 bits per heavy atom. The van der Waals surface area contributed by atoms with Crippen LogP contribution in [0.25, 0.3) is 5.57 Å². The number of primary amides is 1. The van der Waals surface area contributed by atoms with Gasteiger partial charge in [-0.15, -0.1) is 0 Å². The topological polar surface area (TPSA) is 72.6 Å². The van der Waals surface area contributed by atoms with Crippen LogP contribution in [0.4, 0.5) is 5.69 Å². The highest BCUT2D eigenvalue weighted by Gasteiger charge is 2.27. The molecule has 1 aliphatic rings. The SMILES string of the molecule is CCC=C(c1ccccc1N1CCCCC1)C(C(N)=O)c1ccc(C(=O)OCC)cc1. The monoisotopic (exact) mass is 420 g/mol. The number of nitrogens with two attached hydrogens (primary N) is 1. The van der Waals surface area contributed by atoms with Gasteiger partial charge in [0.25, 0.3) is 0 Å². The van der Waals surface area contributed by atoms with E-state index in [-0.39, 0.29) is 5.97 Å². The number of allylic oxidation sites excluding steroid dienone is 1. The van der Waals surface area contributed by atoms with Crippen LogP contribution in [0.2, 0.25) is 0 Å². The lowest BCUT2D eigenvalue weighted by atomic mass is 9.84. The second kappa shape index (κ2) is 10.8. The molecule has 5 nitrogen and oxygen atoms in total. The normalized spacial score (nSPS) is 15.4.